The molecule has 0 saturated heterocycles. The van der Waals surface area contributed by atoms with Gasteiger partial charge in [0.25, 0.3) is 0 Å². The number of alkyl halides is 6. The number of nitrogens with two attached hydrogens (primary N) is 1. The highest BCUT2D eigenvalue weighted by atomic mass is 35.5. The molecule has 1 aromatic rings. The van der Waals surface area contributed by atoms with Gasteiger partial charge in [-0.05, 0) is 26.0 Å². The Morgan fingerprint density at radius 2 is 1.57 bits per heavy atom. The molecule has 0 radical (unpaired) electrons. The Kier molecular flexibility index (Phi) is 9.97. The molecule has 1 aliphatic rings. The van der Waals surface area contributed by atoms with Gasteiger partial charge in [0.2, 0.25) is 0 Å². The van der Waals surface area contributed by atoms with Crippen LogP contribution in [0.2, 0.25) is 5.02 Å². The van der Waals surface area contributed by atoms with Crippen molar-refractivity contribution < 1.29 is 54.5 Å². The van der Waals surface area contributed by atoms with Gasteiger partial charge in [-0.3, -0.25) is 0 Å². The molecule has 2 rings (SSSR count). The number of halogens is 8. The topological polar surface area (TPSA) is 99.9 Å². The van der Waals surface area contributed by atoms with E-state index in [2.05, 4.69) is 4.74 Å². The molecule has 206 valence electrons. The minimum absolute atomic E-state index is 0.0946. The van der Waals surface area contributed by atoms with Crippen molar-refractivity contribution >= 4 is 23.5 Å². The van der Waals surface area contributed by atoms with E-state index in [1.807, 2.05) is 5.32 Å². The van der Waals surface area contributed by atoms with Crippen LogP contribution in [0.25, 0.3) is 0 Å². The van der Waals surface area contributed by atoms with E-state index in [1.54, 1.807) is 0 Å². The summed E-state index contributed by atoms with van der Waals surface area (Å²) in [4.78, 5) is 25.8. The zero-order valence-corrected chi connectivity index (χ0v) is 20.2. The van der Waals surface area contributed by atoms with Crippen molar-refractivity contribution in [2.45, 2.75) is 32.1 Å². The van der Waals surface area contributed by atoms with Crippen molar-refractivity contribution in [2.24, 2.45) is 5.73 Å². The third kappa shape index (κ3) is 6.73. The Morgan fingerprint density at radius 1 is 1.00 bits per heavy atom. The van der Waals surface area contributed by atoms with Crippen LogP contribution >= 0.6 is 11.6 Å². The highest BCUT2D eigenvalue weighted by molar-refractivity contribution is 6.31. The normalized spacial score (nSPS) is 16.6. The van der Waals surface area contributed by atoms with E-state index in [0.29, 0.717) is 12.1 Å². The molecule has 7 nitrogen and oxygen atoms in total. The predicted octanol–water partition coefficient (Wildman–Crippen LogP) is 4.36. The van der Waals surface area contributed by atoms with Crippen LogP contribution in [-0.4, -0.2) is 51.1 Å². The Hall–Kier alpha value is -2.84. The number of ether oxygens (including phenoxy) is 3. The third-order valence-electron chi connectivity index (χ3n) is 4.94. The first-order valence-electron chi connectivity index (χ1n) is 10.7. The number of carbonyl (C=O) groups is 2. The molecular weight excluding hydrogens is 541 g/mol. The van der Waals surface area contributed by atoms with Crippen LogP contribution in [0.15, 0.2) is 34.7 Å². The van der Waals surface area contributed by atoms with Crippen LogP contribution < -0.4 is 11.1 Å². The van der Waals surface area contributed by atoms with Crippen molar-refractivity contribution in [1.29, 1.82) is 0 Å². The summed E-state index contributed by atoms with van der Waals surface area (Å²) in [6.45, 7) is 0.575. The molecule has 15 heteroatoms. The van der Waals surface area contributed by atoms with E-state index in [0.717, 1.165) is 0 Å². The minimum Gasteiger partial charge on any atom is -0.463 e. The van der Waals surface area contributed by atoms with Gasteiger partial charge < -0.3 is 25.3 Å². The largest absolute Gasteiger partial charge is 0.463 e. The van der Waals surface area contributed by atoms with Crippen molar-refractivity contribution in [1.82, 2.24) is 5.32 Å². The summed E-state index contributed by atoms with van der Waals surface area (Å²) in [5.41, 5.74) is -3.08. The van der Waals surface area contributed by atoms with Crippen LogP contribution in [0.3, 0.4) is 0 Å². The number of nitrogens with one attached hydrogen (secondary N) is 1. The van der Waals surface area contributed by atoms with Crippen LogP contribution in [0.5, 0.6) is 0 Å². The van der Waals surface area contributed by atoms with Crippen molar-refractivity contribution in [3.05, 3.63) is 56.6 Å². The first-order chi connectivity index (χ1) is 17.2. The van der Waals surface area contributed by atoms with Gasteiger partial charge in [0.15, 0.2) is 0 Å². The third-order valence-corrected chi connectivity index (χ3v) is 5.26. The number of hydrogen-bond donors (Lipinski definition) is 2. The zero-order chi connectivity index (χ0) is 28.1. The maximum atomic E-state index is 15.2. The quantitative estimate of drug-likeness (QED) is 0.262. The molecule has 0 aromatic heterocycles. The number of allylic oxidation sites excluding steroid dienone is 1. The second-order valence-electron chi connectivity index (χ2n) is 7.33. The first-order valence-corrected chi connectivity index (χ1v) is 11.1. The summed E-state index contributed by atoms with van der Waals surface area (Å²) in [7, 11) is 0. The summed E-state index contributed by atoms with van der Waals surface area (Å²) in [5.74, 6) is -7.45. The van der Waals surface area contributed by atoms with Gasteiger partial charge in [-0.1, -0.05) is 11.6 Å². The second-order valence-corrected chi connectivity index (χ2v) is 7.74. The molecule has 0 spiro atoms. The summed E-state index contributed by atoms with van der Waals surface area (Å²) >= 11 is 5.72. The fourth-order valence-corrected chi connectivity index (χ4v) is 3.92. The maximum absolute atomic E-state index is 15.2. The lowest BCUT2D eigenvalue weighted by Gasteiger charge is -2.34. The zero-order valence-electron chi connectivity index (χ0n) is 19.4. The molecule has 0 bridgehead atoms. The molecule has 1 aromatic carbocycles. The summed E-state index contributed by atoms with van der Waals surface area (Å²) in [6, 6.07) is 1.01. The van der Waals surface area contributed by atoms with Crippen molar-refractivity contribution in [3.63, 3.8) is 0 Å². The van der Waals surface area contributed by atoms with Gasteiger partial charge in [0.05, 0.1) is 59.8 Å². The van der Waals surface area contributed by atoms with Crippen LogP contribution in [0, 0.1) is 5.82 Å². The smallest absolute Gasteiger partial charge is 0.431 e. The number of esters is 2. The molecule has 1 heterocycles. The van der Waals surface area contributed by atoms with E-state index in [1.165, 1.54) is 13.8 Å². The average molecular weight is 563 g/mol. The lowest BCUT2D eigenvalue weighted by atomic mass is 9.77. The van der Waals surface area contributed by atoms with Crippen LogP contribution in [0.1, 0.15) is 30.9 Å². The van der Waals surface area contributed by atoms with Crippen molar-refractivity contribution in [3.8, 4) is 0 Å². The molecule has 0 saturated carbocycles. The van der Waals surface area contributed by atoms with Gasteiger partial charge in [-0.2, -0.15) is 26.3 Å². The minimum atomic E-state index is -5.41. The average Bonchev–Trinajstić information content (AvgIpc) is 2.78. The number of rotatable bonds is 9. The molecule has 1 atom stereocenters. The molecule has 1 aliphatic heterocycles. The van der Waals surface area contributed by atoms with Gasteiger partial charge in [-0.25, -0.2) is 14.0 Å². The first kappa shape index (κ1) is 30.4. The van der Waals surface area contributed by atoms with Gasteiger partial charge in [0, 0.05) is 12.1 Å². The predicted molar refractivity (Wildman–Crippen MR) is 116 cm³/mol. The summed E-state index contributed by atoms with van der Waals surface area (Å²) in [5, 5.41) is 0.773. The molecular formula is C22H22ClF7N2O5. The highest BCUT2D eigenvalue weighted by Crippen LogP contribution is 2.49. The van der Waals surface area contributed by atoms with Crippen molar-refractivity contribution in [2.75, 3.05) is 33.0 Å². The SMILES string of the molecule is CCOC(=O)C1=C(COCCN)NC(C(F)(F)F)=C(C(=O)OCC)C1c1c(F)ccc(Cl)c1C(F)(F)F. The van der Waals surface area contributed by atoms with E-state index in [-0.39, 0.29) is 19.8 Å². The van der Waals surface area contributed by atoms with E-state index in [9.17, 15) is 35.9 Å². The Bertz CT molecular complexity index is 1100. The van der Waals surface area contributed by atoms with Gasteiger partial charge in [0.1, 0.15) is 11.5 Å². The lowest BCUT2D eigenvalue weighted by molar-refractivity contribution is -0.143. The number of benzene rings is 1. The summed E-state index contributed by atoms with van der Waals surface area (Å²) < 4.78 is 115. The fraction of sp³-hybridized carbons (Fsp3) is 0.455. The Balaban J connectivity index is 3.11. The fourth-order valence-electron chi connectivity index (χ4n) is 3.65. The number of dihydropyridines is 1. The van der Waals surface area contributed by atoms with Gasteiger partial charge >= 0.3 is 24.3 Å². The van der Waals surface area contributed by atoms with Gasteiger partial charge in [-0.15, -0.1) is 0 Å². The van der Waals surface area contributed by atoms with E-state index in [4.69, 9.17) is 26.8 Å². The Morgan fingerprint density at radius 3 is 2.05 bits per heavy atom. The van der Waals surface area contributed by atoms with E-state index < -0.39 is 87.9 Å². The molecule has 0 fully saturated rings. The number of hydrogen-bond acceptors (Lipinski definition) is 7. The highest BCUT2D eigenvalue weighted by Gasteiger charge is 2.51. The monoisotopic (exact) mass is 562 g/mol. The molecule has 3 N–H and O–H groups in total. The maximum Gasteiger partial charge on any atom is 0.431 e. The second kappa shape index (κ2) is 12.1. The molecule has 0 aliphatic carbocycles. The lowest BCUT2D eigenvalue weighted by Crippen LogP contribution is -2.41. The van der Waals surface area contributed by atoms with Crippen LogP contribution in [-0.2, 0) is 30.0 Å². The number of carbonyl (C=O) groups excluding carboxylic acids is 2. The van der Waals surface area contributed by atoms with E-state index >= 15 is 4.39 Å². The Labute approximate surface area is 211 Å². The molecule has 37 heavy (non-hydrogen) atoms. The molecule has 0 amide bonds. The summed E-state index contributed by atoms with van der Waals surface area (Å²) in [6.07, 6.45) is -10.8. The standard InChI is InChI=1S/C22H22ClF7N2O5/c1-3-36-19(33)14-12(9-35-8-7-31)32-18(22(28,29)30)16(20(34)37-4-2)15(14)13-11(24)6-5-10(23)17(13)21(25,26)27/h5-6,15,32H,3-4,7-9,31H2,1-2H3. The molecule has 1 unspecified atom stereocenters. The van der Waals surface area contributed by atoms with Crippen LogP contribution in [0.4, 0.5) is 30.7 Å².